The molecule has 2 rings (SSSR count). The van der Waals surface area contributed by atoms with E-state index in [1.165, 1.54) is 9.21 Å². The van der Waals surface area contributed by atoms with Crippen molar-refractivity contribution in [3.63, 3.8) is 0 Å². The molecule has 1 aromatic carbocycles. The minimum atomic E-state index is -3.44. The zero-order valence-corrected chi connectivity index (χ0v) is 13.9. The quantitative estimate of drug-likeness (QED) is 0.868. The van der Waals surface area contributed by atoms with E-state index in [4.69, 9.17) is 5.11 Å². The minimum absolute atomic E-state index is 0.00591. The van der Waals surface area contributed by atoms with E-state index in [2.05, 4.69) is 0 Å². The highest BCUT2D eigenvalue weighted by molar-refractivity contribution is 7.88. The van der Waals surface area contributed by atoms with Crippen LogP contribution in [0, 0.1) is 0 Å². The largest absolute Gasteiger partial charge is 0.481 e. The van der Waals surface area contributed by atoms with Crippen LogP contribution in [0.5, 0.6) is 0 Å². The van der Waals surface area contributed by atoms with Gasteiger partial charge in [0.05, 0.1) is 18.7 Å². The van der Waals surface area contributed by atoms with Gasteiger partial charge in [-0.3, -0.25) is 9.59 Å². The number of hydrogen-bond acceptors (Lipinski definition) is 4. The van der Waals surface area contributed by atoms with Crippen LogP contribution in [0.25, 0.3) is 0 Å². The van der Waals surface area contributed by atoms with Crippen molar-refractivity contribution < 1.29 is 23.1 Å². The minimum Gasteiger partial charge on any atom is -0.481 e. The molecule has 1 aliphatic rings. The lowest BCUT2D eigenvalue weighted by atomic mass is 10.0. The molecule has 1 aromatic rings. The highest BCUT2D eigenvalue weighted by Gasteiger charge is 2.39. The molecule has 126 valence electrons. The summed E-state index contributed by atoms with van der Waals surface area (Å²) < 4.78 is 24.8. The van der Waals surface area contributed by atoms with Gasteiger partial charge < -0.3 is 10.0 Å². The van der Waals surface area contributed by atoms with Crippen molar-refractivity contribution in [2.24, 2.45) is 0 Å². The molecule has 1 aliphatic heterocycles. The lowest BCUT2D eigenvalue weighted by Gasteiger charge is -2.44. The van der Waals surface area contributed by atoms with Crippen molar-refractivity contribution in [3.8, 4) is 0 Å². The van der Waals surface area contributed by atoms with Crippen molar-refractivity contribution >= 4 is 21.9 Å². The summed E-state index contributed by atoms with van der Waals surface area (Å²) in [6.45, 7) is 1.88. The van der Waals surface area contributed by atoms with Crippen LogP contribution in [0.1, 0.15) is 23.7 Å². The molecule has 2 atom stereocenters. The third kappa shape index (κ3) is 4.08. The fraction of sp³-hybridized carbons (Fsp3) is 0.467. The predicted molar refractivity (Wildman–Crippen MR) is 84.5 cm³/mol. The molecule has 1 heterocycles. The van der Waals surface area contributed by atoms with E-state index in [9.17, 15) is 18.0 Å². The number of hydrogen-bond donors (Lipinski definition) is 1. The average molecular weight is 340 g/mol. The third-order valence-corrected chi connectivity index (χ3v) is 5.12. The first-order valence-electron chi connectivity index (χ1n) is 7.24. The SMILES string of the molecule is C[C@H]1CN(S(C)(=O)=O)C[C@H](CC(=O)O)N1C(=O)c1ccccc1. The van der Waals surface area contributed by atoms with Gasteiger partial charge in [-0.25, -0.2) is 8.42 Å². The molecule has 0 aromatic heterocycles. The van der Waals surface area contributed by atoms with Crippen LogP contribution in [0.15, 0.2) is 30.3 Å². The van der Waals surface area contributed by atoms with Crippen molar-refractivity contribution in [2.45, 2.75) is 25.4 Å². The second-order valence-electron chi connectivity index (χ2n) is 5.76. The van der Waals surface area contributed by atoms with Gasteiger partial charge in [-0.2, -0.15) is 4.31 Å². The summed E-state index contributed by atoms with van der Waals surface area (Å²) in [5, 5.41) is 9.11. The van der Waals surface area contributed by atoms with Crippen LogP contribution in [0.3, 0.4) is 0 Å². The molecule has 7 nitrogen and oxygen atoms in total. The van der Waals surface area contributed by atoms with Crippen LogP contribution >= 0.6 is 0 Å². The molecule has 8 heteroatoms. The number of amides is 1. The second-order valence-corrected chi connectivity index (χ2v) is 7.74. The van der Waals surface area contributed by atoms with E-state index >= 15 is 0 Å². The summed E-state index contributed by atoms with van der Waals surface area (Å²) in [6.07, 6.45) is 0.793. The lowest BCUT2D eigenvalue weighted by Crippen LogP contribution is -2.61. The summed E-state index contributed by atoms with van der Waals surface area (Å²) in [5.74, 6) is -1.35. The Morgan fingerprint density at radius 3 is 2.35 bits per heavy atom. The zero-order chi connectivity index (χ0) is 17.2. The Balaban J connectivity index is 2.32. The second kappa shape index (κ2) is 6.67. The summed E-state index contributed by atoms with van der Waals surface area (Å²) in [6, 6.07) is 7.48. The van der Waals surface area contributed by atoms with Gasteiger partial charge in [-0.05, 0) is 19.1 Å². The molecule has 0 spiro atoms. The normalized spacial score (nSPS) is 22.8. The van der Waals surface area contributed by atoms with Crippen molar-refractivity contribution in [1.29, 1.82) is 0 Å². The lowest BCUT2D eigenvalue weighted by molar-refractivity contribution is -0.138. The summed E-state index contributed by atoms with van der Waals surface area (Å²) in [7, 11) is -3.44. The monoisotopic (exact) mass is 340 g/mol. The van der Waals surface area contributed by atoms with Crippen LogP contribution in [0.2, 0.25) is 0 Å². The van der Waals surface area contributed by atoms with E-state index < -0.39 is 28.1 Å². The Kier molecular flexibility index (Phi) is 5.06. The third-order valence-electron chi connectivity index (χ3n) is 3.89. The first-order chi connectivity index (χ1) is 10.7. The average Bonchev–Trinajstić information content (AvgIpc) is 2.45. The van der Waals surface area contributed by atoms with Gasteiger partial charge in [0.25, 0.3) is 5.91 Å². The van der Waals surface area contributed by atoms with Gasteiger partial charge in [-0.1, -0.05) is 18.2 Å². The van der Waals surface area contributed by atoms with Crippen LogP contribution in [0.4, 0.5) is 0 Å². The van der Waals surface area contributed by atoms with Gasteiger partial charge in [0.15, 0.2) is 0 Å². The van der Waals surface area contributed by atoms with E-state index in [0.29, 0.717) is 5.56 Å². The Bertz CT molecular complexity index is 689. The van der Waals surface area contributed by atoms with Crippen LogP contribution in [-0.2, 0) is 14.8 Å². The van der Waals surface area contributed by atoms with Crippen molar-refractivity contribution in [1.82, 2.24) is 9.21 Å². The standard InChI is InChI=1S/C15H20N2O5S/c1-11-9-16(23(2,21)22)10-13(8-14(18)19)17(11)15(20)12-6-4-3-5-7-12/h3-7,11,13H,8-10H2,1-2H3,(H,18,19)/t11-,13-/m0/s1. The molecule has 1 N–H and O–H groups in total. The molecule has 1 saturated heterocycles. The van der Waals surface area contributed by atoms with Crippen molar-refractivity contribution in [2.75, 3.05) is 19.3 Å². The maximum atomic E-state index is 12.7. The number of carbonyl (C=O) groups excluding carboxylic acids is 1. The topological polar surface area (TPSA) is 95.0 Å². The molecule has 23 heavy (non-hydrogen) atoms. The van der Waals surface area contributed by atoms with Crippen LogP contribution < -0.4 is 0 Å². The molecule has 0 aliphatic carbocycles. The predicted octanol–water partition coefficient (Wildman–Crippen LogP) is 0.636. The Morgan fingerprint density at radius 2 is 1.83 bits per heavy atom. The fourth-order valence-electron chi connectivity index (χ4n) is 2.87. The first kappa shape index (κ1) is 17.4. The number of aliphatic carboxylic acids is 1. The van der Waals surface area contributed by atoms with E-state index in [1.807, 2.05) is 0 Å². The van der Waals surface area contributed by atoms with Crippen LogP contribution in [-0.4, -0.2) is 66.0 Å². The number of sulfonamides is 1. The Labute approximate surface area is 135 Å². The number of carbonyl (C=O) groups is 2. The maximum Gasteiger partial charge on any atom is 0.305 e. The summed E-state index contributed by atoms with van der Waals surface area (Å²) >= 11 is 0. The summed E-state index contributed by atoms with van der Waals surface area (Å²) in [4.78, 5) is 25.3. The number of carboxylic acids is 1. The number of piperazine rings is 1. The molecule has 1 amide bonds. The van der Waals surface area contributed by atoms with Gasteiger partial charge in [-0.15, -0.1) is 0 Å². The Morgan fingerprint density at radius 1 is 1.22 bits per heavy atom. The molecule has 0 saturated carbocycles. The van der Waals surface area contributed by atoms with E-state index in [1.54, 1.807) is 37.3 Å². The summed E-state index contributed by atoms with van der Waals surface area (Å²) in [5.41, 5.74) is 0.461. The van der Waals surface area contributed by atoms with Gasteiger partial charge >= 0.3 is 5.97 Å². The fourth-order valence-corrected chi connectivity index (χ4v) is 3.80. The Hall–Kier alpha value is -1.93. The number of nitrogens with zero attached hydrogens (tertiary/aromatic N) is 2. The molecular formula is C15H20N2O5S. The van der Waals surface area contributed by atoms with Gasteiger partial charge in [0, 0.05) is 24.7 Å². The first-order valence-corrected chi connectivity index (χ1v) is 9.09. The smallest absolute Gasteiger partial charge is 0.305 e. The van der Waals surface area contributed by atoms with Gasteiger partial charge in [0.1, 0.15) is 0 Å². The molecule has 1 fully saturated rings. The number of benzene rings is 1. The van der Waals surface area contributed by atoms with E-state index in [-0.39, 0.29) is 25.4 Å². The highest BCUT2D eigenvalue weighted by atomic mass is 32.2. The van der Waals surface area contributed by atoms with Crippen molar-refractivity contribution in [3.05, 3.63) is 35.9 Å². The molecular weight excluding hydrogens is 320 g/mol. The number of carboxylic acid groups (broad SMARTS) is 1. The number of rotatable bonds is 4. The molecule has 0 unspecified atom stereocenters. The maximum absolute atomic E-state index is 12.7. The molecule has 0 radical (unpaired) electrons. The van der Waals surface area contributed by atoms with E-state index in [0.717, 1.165) is 6.26 Å². The molecule has 0 bridgehead atoms. The highest BCUT2D eigenvalue weighted by Crippen LogP contribution is 2.23. The van der Waals surface area contributed by atoms with Gasteiger partial charge in [0.2, 0.25) is 10.0 Å². The zero-order valence-electron chi connectivity index (χ0n) is 13.0.